The van der Waals surface area contributed by atoms with Gasteiger partial charge >= 0.3 is 0 Å². The highest BCUT2D eigenvalue weighted by atomic mass is 14.8. The van der Waals surface area contributed by atoms with E-state index in [0.717, 1.165) is 10.9 Å². The lowest BCUT2D eigenvalue weighted by molar-refractivity contribution is 1.30. The number of fused-ring (bicyclic) bond motifs is 1. The van der Waals surface area contributed by atoms with Crippen LogP contribution < -0.4 is 5.73 Å². The van der Waals surface area contributed by atoms with Gasteiger partial charge in [-0.05, 0) is 25.1 Å². The fourth-order valence-electron chi connectivity index (χ4n) is 1.40. The van der Waals surface area contributed by atoms with Crippen LogP contribution in [0.3, 0.4) is 0 Å². The molecule has 3 N–H and O–H groups in total. The molecule has 1 aromatic heterocycles. The van der Waals surface area contributed by atoms with Crippen molar-refractivity contribution in [3.8, 4) is 0 Å². The summed E-state index contributed by atoms with van der Waals surface area (Å²) in [5, 5.41) is 8.35. The molecule has 0 saturated carbocycles. The van der Waals surface area contributed by atoms with E-state index in [0.29, 0.717) is 5.69 Å². The molecule has 1 aromatic carbocycles. The zero-order valence-corrected chi connectivity index (χ0v) is 7.91. The number of nitrogen functional groups attached to an aromatic ring is 1. The molecular formula is C11H11N3. The maximum atomic E-state index is 7.27. The molecule has 0 unspecified atom stereocenters. The summed E-state index contributed by atoms with van der Waals surface area (Å²) < 4.78 is 0. The molecule has 1 heterocycles. The summed E-state index contributed by atoms with van der Waals surface area (Å²) in [6.07, 6.45) is 0. The van der Waals surface area contributed by atoms with Crippen LogP contribution in [0.15, 0.2) is 30.3 Å². The van der Waals surface area contributed by atoms with Gasteiger partial charge in [0.05, 0.1) is 5.52 Å². The van der Waals surface area contributed by atoms with Gasteiger partial charge in [-0.1, -0.05) is 17.7 Å². The van der Waals surface area contributed by atoms with Crippen molar-refractivity contribution >= 4 is 16.7 Å². The van der Waals surface area contributed by atoms with Crippen LogP contribution in [0.2, 0.25) is 0 Å². The van der Waals surface area contributed by atoms with Gasteiger partial charge < -0.3 is 5.73 Å². The molecule has 0 spiro atoms. The summed E-state index contributed by atoms with van der Waals surface area (Å²) in [6.45, 7) is 2.04. The molecule has 3 heteroatoms. The minimum absolute atomic E-state index is 0.00692. The van der Waals surface area contributed by atoms with Gasteiger partial charge in [-0.2, -0.15) is 0 Å². The molecule has 3 nitrogen and oxygen atoms in total. The Morgan fingerprint density at radius 1 is 1.29 bits per heavy atom. The summed E-state index contributed by atoms with van der Waals surface area (Å²) >= 11 is 0. The van der Waals surface area contributed by atoms with Gasteiger partial charge in [-0.3, -0.25) is 5.41 Å². The van der Waals surface area contributed by atoms with Crippen molar-refractivity contribution in [3.63, 3.8) is 0 Å². The van der Waals surface area contributed by atoms with Crippen molar-refractivity contribution in [3.05, 3.63) is 41.6 Å². The van der Waals surface area contributed by atoms with Crippen LogP contribution in [0, 0.1) is 12.3 Å². The minimum Gasteiger partial charge on any atom is -0.382 e. The van der Waals surface area contributed by atoms with Crippen LogP contribution in [-0.2, 0) is 0 Å². The second kappa shape index (κ2) is 3.10. The average molecular weight is 185 g/mol. The number of benzene rings is 1. The topological polar surface area (TPSA) is 62.8 Å². The van der Waals surface area contributed by atoms with Crippen molar-refractivity contribution in [2.75, 3.05) is 0 Å². The second-order valence-electron chi connectivity index (χ2n) is 3.31. The number of pyridine rings is 1. The fourth-order valence-corrected chi connectivity index (χ4v) is 1.40. The molecule has 0 amide bonds. The maximum absolute atomic E-state index is 7.27. The molecule has 0 radical (unpaired) electrons. The quantitative estimate of drug-likeness (QED) is 0.526. The number of aryl methyl sites for hydroxylation is 1. The first-order chi connectivity index (χ1) is 6.66. The van der Waals surface area contributed by atoms with Crippen LogP contribution >= 0.6 is 0 Å². The summed E-state index contributed by atoms with van der Waals surface area (Å²) in [6, 6.07) is 9.71. The smallest absolute Gasteiger partial charge is 0.141 e. The lowest BCUT2D eigenvalue weighted by Gasteiger charge is -2.01. The molecule has 0 saturated heterocycles. The lowest BCUT2D eigenvalue weighted by atomic mass is 10.1. The van der Waals surface area contributed by atoms with E-state index in [2.05, 4.69) is 11.1 Å². The Hall–Kier alpha value is -1.90. The molecule has 0 aliphatic rings. The number of hydrogen-bond donors (Lipinski definition) is 2. The molecule has 2 rings (SSSR count). The molecule has 2 aromatic rings. The van der Waals surface area contributed by atoms with Crippen LogP contribution in [0.25, 0.3) is 10.9 Å². The third-order valence-corrected chi connectivity index (χ3v) is 2.12. The van der Waals surface area contributed by atoms with Crippen molar-refractivity contribution < 1.29 is 0 Å². The third kappa shape index (κ3) is 1.44. The monoisotopic (exact) mass is 185 g/mol. The Kier molecular flexibility index (Phi) is 1.93. The number of aromatic nitrogens is 1. The Morgan fingerprint density at radius 3 is 2.79 bits per heavy atom. The van der Waals surface area contributed by atoms with E-state index >= 15 is 0 Å². The first-order valence-corrected chi connectivity index (χ1v) is 4.38. The first-order valence-electron chi connectivity index (χ1n) is 4.38. The van der Waals surface area contributed by atoms with E-state index in [1.54, 1.807) is 6.07 Å². The number of nitrogens with two attached hydrogens (primary N) is 1. The highest BCUT2D eigenvalue weighted by molar-refractivity contribution is 5.95. The number of nitrogens with zero attached hydrogens (tertiary/aromatic N) is 1. The largest absolute Gasteiger partial charge is 0.382 e. The van der Waals surface area contributed by atoms with Crippen LogP contribution in [0.1, 0.15) is 11.3 Å². The summed E-state index contributed by atoms with van der Waals surface area (Å²) in [5.74, 6) is 0.00692. The van der Waals surface area contributed by atoms with Crippen LogP contribution in [-0.4, -0.2) is 10.8 Å². The average Bonchev–Trinajstić information content (AvgIpc) is 2.16. The highest BCUT2D eigenvalue weighted by Gasteiger charge is 2.00. The SMILES string of the molecule is Cc1ccc2nc(C(=N)N)ccc2c1. The van der Waals surface area contributed by atoms with Crippen LogP contribution in [0.4, 0.5) is 0 Å². The molecule has 0 aliphatic carbocycles. The summed E-state index contributed by atoms with van der Waals surface area (Å²) in [7, 11) is 0. The molecule has 0 aliphatic heterocycles. The molecule has 0 fully saturated rings. The standard InChI is InChI=1S/C11H11N3/c1-7-2-4-9-8(6-7)3-5-10(14-9)11(12)13/h2-6H,1H3,(H3,12,13). The van der Waals surface area contributed by atoms with Gasteiger partial charge in [0.1, 0.15) is 11.5 Å². The predicted molar refractivity (Wildman–Crippen MR) is 57.5 cm³/mol. The van der Waals surface area contributed by atoms with Crippen molar-refractivity contribution in [1.29, 1.82) is 5.41 Å². The van der Waals surface area contributed by atoms with E-state index in [9.17, 15) is 0 Å². The number of amidine groups is 1. The van der Waals surface area contributed by atoms with Gasteiger partial charge in [-0.15, -0.1) is 0 Å². The summed E-state index contributed by atoms with van der Waals surface area (Å²) in [5.41, 5.74) is 7.97. The molecule has 14 heavy (non-hydrogen) atoms. The molecule has 70 valence electrons. The van der Waals surface area contributed by atoms with Crippen molar-refractivity contribution in [2.45, 2.75) is 6.92 Å². The number of nitrogens with one attached hydrogen (secondary N) is 1. The van der Waals surface area contributed by atoms with E-state index in [1.807, 2.05) is 25.1 Å². The van der Waals surface area contributed by atoms with Gasteiger partial charge in [-0.25, -0.2) is 4.98 Å². The van der Waals surface area contributed by atoms with Gasteiger partial charge in [0.15, 0.2) is 0 Å². The second-order valence-corrected chi connectivity index (χ2v) is 3.31. The predicted octanol–water partition coefficient (Wildman–Crippen LogP) is 1.83. The van der Waals surface area contributed by atoms with Crippen molar-refractivity contribution in [2.24, 2.45) is 5.73 Å². The summed E-state index contributed by atoms with van der Waals surface area (Å²) in [4.78, 5) is 4.27. The van der Waals surface area contributed by atoms with E-state index < -0.39 is 0 Å². The Morgan fingerprint density at radius 2 is 2.07 bits per heavy atom. The Bertz CT molecular complexity index is 503. The minimum atomic E-state index is 0.00692. The van der Waals surface area contributed by atoms with Gasteiger partial charge in [0.2, 0.25) is 0 Å². The Labute approximate surface area is 82.1 Å². The highest BCUT2D eigenvalue weighted by Crippen LogP contribution is 2.13. The third-order valence-electron chi connectivity index (χ3n) is 2.12. The first kappa shape index (κ1) is 8.69. The molecule has 0 atom stereocenters. The number of rotatable bonds is 1. The zero-order valence-electron chi connectivity index (χ0n) is 7.91. The van der Waals surface area contributed by atoms with E-state index in [-0.39, 0.29) is 5.84 Å². The van der Waals surface area contributed by atoms with E-state index in [4.69, 9.17) is 11.1 Å². The molecular weight excluding hydrogens is 174 g/mol. The molecule has 0 bridgehead atoms. The van der Waals surface area contributed by atoms with Gasteiger partial charge in [0.25, 0.3) is 0 Å². The van der Waals surface area contributed by atoms with E-state index in [1.165, 1.54) is 5.56 Å². The number of hydrogen-bond acceptors (Lipinski definition) is 2. The van der Waals surface area contributed by atoms with Crippen molar-refractivity contribution in [1.82, 2.24) is 4.98 Å². The fraction of sp³-hybridized carbons (Fsp3) is 0.0909. The normalized spacial score (nSPS) is 10.4. The maximum Gasteiger partial charge on any atom is 0.141 e. The Balaban J connectivity index is 2.67. The lowest BCUT2D eigenvalue weighted by Crippen LogP contribution is -2.12. The van der Waals surface area contributed by atoms with Gasteiger partial charge in [0, 0.05) is 5.39 Å². The zero-order chi connectivity index (χ0) is 10.1. The van der Waals surface area contributed by atoms with Crippen LogP contribution in [0.5, 0.6) is 0 Å².